The summed E-state index contributed by atoms with van der Waals surface area (Å²) >= 11 is 0. The van der Waals surface area contributed by atoms with Gasteiger partial charge in [0.2, 0.25) is 0 Å². The molecule has 1 heterocycles. The molecule has 1 aromatic heterocycles. The van der Waals surface area contributed by atoms with E-state index in [1.54, 1.807) is 6.20 Å². The van der Waals surface area contributed by atoms with Crippen LogP contribution in [-0.2, 0) is 9.84 Å². The van der Waals surface area contributed by atoms with Gasteiger partial charge in [-0.15, -0.1) is 0 Å². The minimum Gasteiger partial charge on any atom is -0.381 e. The number of aryl methyl sites for hydroxylation is 1. The molecule has 0 bridgehead atoms. The normalized spacial score (nSPS) is 21.4. The van der Waals surface area contributed by atoms with Crippen LogP contribution in [0.25, 0.3) is 10.9 Å². The van der Waals surface area contributed by atoms with Crippen LogP contribution in [0.2, 0.25) is 0 Å². The van der Waals surface area contributed by atoms with Crippen molar-refractivity contribution in [3.05, 3.63) is 35.5 Å². The third-order valence-corrected chi connectivity index (χ3v) is 6.44. The molecule has 0 saturated heterocycles. The van der Waals surface area contributed by atoms with Crippen molar-refractivity contribution in [3.8, 4) is 6.07 Å². The van der Waals surface area contributed by atoms with E-state index in [0.29, 0.717) is 12.0 Å². The summed E-state index contributed by atoms with van der Waals surface area (Å²) in [4.78, 5) is 4.40. The highest BCUT2D eigenvalue weighted by Gasteiger charge is 2.29. The smallest absolute Gasteiger partial charge is 0.150 e. The topological polar surface area (TPSA) is 82.9 Å². The fraction of sp³-hybridized carbons (Fsp3) is 0.444. The zero-order valence-electron chi connectivity index (χ0n) is 13.9. The van der Waals surface area contributed by atoms with Crippen LogP contribution in [0.15, 0.2) is 24.4 Å². The van der Waals surface area contributed by atoms with Crippen LogP contribution in [0.3, 0.4) is 0 Å². The number of hydrogen-bond donors (Lipinski definition) is 1. The first-order chi connectivity index (χ1) is 11.4. The molecule has 0 amide bonds. The van der Waals surface area contributed by atoms with Gasteiger partial charge in [-0.05, 0) is 31.7 Å². The van der Waals surface area contributed by atoms with Gasteiger partial charge in [0.25, 0.3) is 0 Å². The lowest BCUT2D eigenvalue weighted by molar-refractivity contribution is 0.453. The lowest BCUT2D eigenvalue weighted by Crippen LogP contribution is -2.34. The van der Waals surface area contributed by atoms with Crippen LogP contribution in [0.5, 0.6) is 0 Å². The highest BCUT2D eigenvalue weighted by molar-refractivity contribution is 7.91. The van der Waals surface area contributed by atoms with Crippen molar-refractivity contribution >= 4 is 26.4 Å². The van der Waals surface area contributed by atoms with Crippen molar-refractivity contribution < 1.29 is 8.42 Å². The van der Waals surface area contributed by atoms with Crippen LogP contribution in [-0.4, -0.2) is 30.9 Å². The van der Waals surface area contributed by atoms with E-state index in [1.165, 1.54) is 6.26 Å². The van der Waals surface area contributed by atoms with Crippen LogP contribution >= 0.6 is 0 Å². The second kappa shape index (κ2) is 6.40. The van der Waals surface area contributed by atoms with Crippen molar-refractivity contribution in [2.75, 3.05) is 11.6 Å². The highest BCUT2D eigenvalue weighted by atomic mass is 32.2. The van der Waals surface area contributed by atoms with Gasteiger partial charge in [0.15, 0.2) is 0 Å². The highest BCUT2D eigenvalue weighted by Crippen LogP contribution is 2.32. The monoisotopic (exact) mass is 343 g/mol. The molecule has 1 N–H and O–H groups in total. The number of rotatable bonds is 3. The summed E-state index contributed by atoms with van der Waals surface area (Å²) in [6.07, 6.45) is 5.99. The summed E-state index contributed by atoms with van der Waals surface area (Å²) in [7, 11) is -3.03. The fourth-order valence-electron chi connectivity index (χ4n) is 3.48. The molecule has 0 spiro atoms. The summed E-state index contributed by atoms with van der Waals surface area (Å²) in [5, 5.41) is 13.5. The molecule has 0 radical (unpaired) electrons. The lowest BCUT2D eigenvalue weighted by atomic mass is 9.94. The standard InChI is InChI=1S/C18H21N3O2S/c1-12-5-3-8-16-17(12)20-11-13(10-19)18(16)21-14-6-4-7-15(9-14)24(2,22)23/h3,5,8,11,14-15H,4,6-7,9H2,1-2H3,(H,20,21). The molecule has 2 atom stereocenters. The Morgan fingerprint density at radius 1 is 1.33 bits per heavy atom. The lowest BCUT2D eigenvalue weighted by Gasteiger charge is -2.30. The van der Waals surface area contributed by atoms with E-state index in [2.05, 4.69) is 16.4 Å². The Morgan fingerprint density at radius 2 is 2.12 bits per heavy atom. The Labute approximate surface area is 142 Å². The second-order valence-electron chi connectivity index (χ2n) is 6.59. The van der Waals surface area contributed by atoms with Crippen LogP contribution in [0.1, 0.15) is 36.8 Å². The minimum absolute atomic E-state index is 0.0525. The molecule has 1 aromatic carbocycles. The predicted octanol–water partition coefficient (Wildman–Crippen LogP) is 3.18. The average Bonchev–Trinajstić information content (AvgIpc) is 2.55. The number of para-hydroxylation sites is 1. The molecule has 2 unspecified atom stereocenters. The number of nitrogens with zero attached hydrogens (tertiary/aromatic N) is 2. The van der Waals surface area contributed by atoms with E-state index in [9.17, 15) is 13.7 Å². The van der Waals surface area contributed by atoms with Gasteiger partial charge in [0.1, 0.15) is 15.9 Å². The van der Waals surface area contributed by atoms with E-state index < -0.39 is 9.84 Å². The maximum atomic E-state index is 11.9. The first-order valence-corrected chi connectivity index (χ1v) is 10.1. The molecular formula is C18H21N3O2S. The minimum atomic E-state index is -3.03. The molecule has 1 aliphatic carbocycles. The number of aromatic nitrogens is 1. The molecule has 1 aliphatic rings. The molecule has 1 saturated carbocycles. The van der Waals surface area contributed by atoms with Crippen molar-refractivity contribution in [1.82, 2.24) is 4.98 Å². The number of nitriles is 1. The molecule has 1 fully saturated rings. The number of hydrogen-bond acceptors (Lipinski definition) is 5. The quantitative estimate of drug-likeness (QED) is 0.925. The largest absolute Gasteiger partial charge is 0.381 e. The van der Waals surface area contributed by atoms with Crippen molar-refractivity contribution in [3.63, 3.8) is 0 Å². The average molecular weight is 343 g/mol. The van der Waals surface area contributed by atoms with Gasteiger partial charge < -0.3 is 5.32 Å². The number of fused-ring (bicyclic) bond motifs is 1. The third-order valence-electron chi connectivity index (χ3n) is 4.80. The van der Waals surface area contributed by atoms with Gasteiger partial charge in [0.05, 0.1) is 22.0 Å². The zero-order chi connectivity index (χ0) is 17.3. The Balaban J connectivity index is 1.98. The summed E-state index contributed by atoms with van der Waals surface area (Å²) in [6.45, 7) is 1.99. The van der Waals surface area contributed by atoms with E-state index >= 15 is 0 Å². The zero-order valence-corrected chi connectivity index (χ0v) is 14.7. The molecule has 3 rings (SSSR count). The van der Waals surface area contributed by atoms with Gasteiger partial charge in [-0.2, -0.15) is 5.26 Å². The Bertz CT molecular complexity index is 916. The Hall–Kier alpha value is -2.13. The molecule has 126 valence electrons. The maximum Gasteiger partial charge on any atom is 0.150 e. The van der Waals surface area contributed by atoms with Crippen molar-refractivity contribution in [1.29, 1.82) is 5.26 Å². The van der Waals surface area contributed by atoms with E-state index in [-0.39, 0.29) is 11.3 Å². The van der Waals surface area contributed by atoms with Gasteiger partial charge in [0, 0.05) is 23.9 Å². The SMILES string of the molecule is Cc1cccc2c(NC3CCCC(S(C)(=O)=O)C3)c(C#N)cnc12. The first-order valence-electron chi connectivity index (χ1n) is 8.14. The molecule has 24 heavy (non-hydrogen) atoms. The van der Waals surface area contributed by atoms with Gasteiger partial charge >= 0.3 is 0 Å². The number of benzene rings is 1. The van der Waals surface area contributed by atoms with Crippen molar-refractivity contribution in [2.45, 2.75) is 43.9 Å². The van der Waals surface area contributed by atoms with Crippen molar-refractivity contribution in [2.24, 2.45) is 0 Å². The molecule has 2 aromatic rings. The second-order valence-corrected chi connectivity index (χ2v) is 8.91. The first kappa shape index (κ1) is 16.7. The summed E-state index contributed by atoms with van der Waals surface area (Å²) in [5.41, 5.74) is 3.19. The maximum absolute atomic E-state index is 11.9. The van der Waals surface area contributed by atoms with Gasteiger partial charge in [-0.25, -0.2) is 8.42 Å². The van der Waals surface area contributed by atoms with E-state index in [1.807, 2.05) is 25.1 Å². The molecule has 0 aliphatic heterocycles. The van der Waals surface area contributed by atoms with Crippen LogP contribution < -0.4 is 5.32 Å². The molecule has 6 heteroatoms. The molecular weight excluding hydrogens is 322 g/mol. The number of nitrogens with one attached hydrogen (secondary N) is 1. The fourth-order valence-corrected chi connectivity index (χ4v) is 4.66. The van der Waals surface area contributed by atoms with E-state index in [0.717, 1.165) is 41.4 Å². The van der Waals surface area contributed by atoms with Gasteiger partial charge in [-0.1, -0.05) is 24.6 Å². The summed E-state index contributed by atoms with van der Waals surface area (Å²) < 4.78 is 23.7. The van der Waals surface area contributed by atoms with E-state index in [4.69, 9.17) is 0 Å². The number of pyridine rings is 1. The summed E-state index contributed by atoms with van der Waals surface area (Å²) in [5.74, 6) is 0. The third kappa shape index (κ3) is 3.22. The van der Waals surface area contributed by atoms with Crippen LogP contribution in [0, 0.1) is 18.3 Å². The number of sulfone groups is 1. The van der Waals surface area contributed by atoms with Gasteiger partial charge in [-0.3, -0.25) is 4.98 Å². The van der Waals surface area contributed by atoms with Crippen LogP contribution in [0.4, 0.5) is 5.69 Å². The number of anilines is 1. The summed E-state index contributed by atoms with van der Waals surface area (Å²) in [6, 6.07) is 8.14. The molecule has 5 nitrogen and oxygen atoms in total. The predicted molar refractivity (Wildman–Crippen MR) is 95.7 cm³/mol. The Morgan fingerprint density at radius 3 is 2.83 bits per heavy atom. The Kier molecular flexibility index (Phi) is 4.46.